The fraction of sp³-hybridized carbons (Fsp3) is 0.222. The molecule has 0 aliphatic carbocycles. The van der Waals surface area contributed by atoms with Crippen molar-refractivity contribution in [3.05, 3.63) is 63.8 Å². The summed E-state index contributed by atoms with van der Waals surface area (Å²) in [7, 11) is 3.24. The zero-order valence-corrected chi connectivity index (χ0v) is 14.6. The Bertz CT molecular complexity index is 982. The molecule has 8 nitrogen and oxygen atoms in total. The Morgan fingerprint density at radius 1 is 1.31 bits per heavy atom. The van der Waals surface area contributed by atoms with Crippen LogP contribution in [0.4, 0.5) is 5.69 Å². The summed E-state index contributed by atoms with van der Waals surface area (Å²) in [6.45, 7) is 1.88. The zero-order valence-electron chi connectivity index (χ0n) is 14.6. The number of carbonyl (C=O) groups excluding carboxylic acids is 1. The van der Waals surface area contributed by atoms with Gasteiger partial charge in [0.2, 0.25) is 0 Å². The lowest BCUT2D eigenvalue weighted by molar-refractivity contribution is -0.384. The zero-order chi connectivity index (χ0) is 18.8. The molecular weight excluding hydrogens is 336 g/mol. The summed E-state index contributed by atoms with van der Waals surface area (Å²) in [6.07, 6.45) is 0. The van der Waals surface area contributed by atoms with Crippen LogP contribution in [0.1, 0.15) is 29.0 Å². The van der Waals surface area contributed by atoms with Gasteiger partial charge in [-0.3, -0.25) is 20.0 Å². The molecule has 1 aromatic heterocycles. The fourth-order valence-corrected chi connectivity index (χ4v) is 2.84. The van der Waals surface area contributed by atoms with Crippen LogP contribution in [0.25, 0.3) is 10.9 Å². The number of aromatic amines is 1. The van der Waals surface area contributed by atoms with E-state index in [2.05, 4.69) is 10.2 Å². The second kappa shape index (κ2) is 6.83. The van der Waals surface area contributed by atoms with Crippen LogP contribution in [0.3, 0.4) is 0 Å². The maximum absolute atomic E-state index is 12.9. The monoisotopic (exact) mass is 354 g/mol. The van der Waals surface area contributed by atoms with Crippen molar-refractivity contribution < 1.29 is 14.5 Å². The molecule has 0 spiro atoms. The summed E-state index contributed by atoms with van der Waals surface area (Å²) in [4.78, 5) is 25.0. The highest BCUT2D eigenvalue weighted by atomic mass is 16.6. The summed E-state index contributed by atoms with van der Waals surface area (Å²) in [6, 6.07) is 11.4. The van der Waals surface area contributed by atoms with Crippen molar-refractivity contribution in [2.75, 3.05) is 14.2 Å². The van der Waals surface area contributed by atoms with E-state index in [4.69, 9.17) is 4.74 Å². The number of hydrogen-bond acceptors (Lipinski definition) is 5. The first-order valence-electron chi connectivity index (χ1n) is 7.96. The van der Waals surface area contributed by atoms with Gasteiger partial charge in [-0.25, -0.2) is 0 Å². The Kier molecular flexibility index (Phi) is 4.57. The number of nitro benzene ring substituents is 1. The minimum absolute atomic E-state index is 0.0895. The van der Waals surface area contributed by atoms with Gasteiger partial charge in [0.1, 0.15) is 5.75 Å². The number of para-hydroxylation sites is 1. The number of carbonyl (C=O) groups is 1. The third kappa shape index (κ3) is 2.97. The summed E-state index contributed by atoms with van der Waals surface area (Å²) in [5.41, 5.74) is 1.48. The smallest absolute Gasteiger partial charge is 0.275 e. The van der Waals surface area contributed by atoms with Gasteiger partial charge in [-0.15, -0.1) is 0 Å². The fourth-order valence-electron chi connectivity index (χ4n) is 2.84. The normalized spacial score (nSPS) is 12.0. The van der Waals surface area contributed by atoms with Crippen LogP contribution in [0, 0.1) is 10.1 Å². The number of nitro groups is 1. The molecule has 3 aromatic rings. The highest BCUT2D eigenvalue weighted by Gasteiger charge is 2.25. The molecule has 26 heavy (non-hydrogen) atoms. The van der Waals surface area contributed by atoms with E-state index in [-0.39, 0.29) is 23.3 Å². The quantitative estimate of drug-likeness (QED) is 0.559. The van der Waals surface area contributed by atoms with Crippen LogP contribution in [0.2, 0.25) is 0 Å². The SMILES string of the molecule is COc1ccccc1[C@@H](C)N(C)C(=O)c1n[nH]c2ccc([N+](=O)[O-])cc12. The summed E-state index contributed by atoms with van der Waals surface area (Å²) in [5, 5.41) is 18.2. The highest BCUT2D eigenvalue weighted by Crippen LogP contribution is 2.30. The first kappa shape index (κ1) is 17.4. The second-order valence-electron chi connectivity index (χ2n) is 5.89. The van der Waals surface area contributed by atoms with Gasteiger partial charge >= 0.3 is 0 Å². The maximum Gasteiger partial charge on any atom is 0.275 e. The molecule has 0 aliphatic heterocycles. The molecule has 0 saturated heterocycles. The van der Waals surface area contributed by atoms with Crippen LogP contribution in [-0.4, -0.2) is 40.1 Å². The number of nitrogens with one attached hydrogen (secondary N) is 1. The molecule has 1 N–H and O–H groups in total. The summed E-state index contributed by atoms with van der Waals surface area (Å²) in [5.74, 6) is 0.345. The molecule has 1 amide bonds. The van der Waals surface area contributed by atoms with Crippen LogP contribution in [0.5, 0.6) is 5.75 Å². The summed E-state index contributed by atoms with van der Waals surface area (Å²) < 4.78 is 5.36. The molecule has 3 rings (SSSR count). The number of methoxy groups -OCH3 is 1. The van der Waals surface area contributed by atoms with E-state index in [0.29, 0.717) is 16.7 Å². The molecule has 0 unspecified atom stereocenters. The van der Waals surface area contributed by atoms with E-state index in [9.17, 15) is 14.9 Å². The van der Waals surface area contributed by atoms with Gasteiger partial charge in [-0.2, -0.15) is 5.10 Å². The van der Waals surface area contributed by atoms with E-state index < -0.39 is 4.92 Å². The minimum Gasteiger partial charge on any atom is -0.496 e. The van der Waals surface area contributed by atoms with Crippen molar-refractivity contribution in [1.29, 1.82) is 0 Å². The van der Waals surface area contributed by atoms with Gasteiger partial charge in [-0.05, 0) is 19.1 Å². The standard InChI is InChI=1S/C18H18N4O4/c1-11(13-6-4-5-7-16(13)26-3)21(2)18(23)17-14-10-12(22(24)25)8-9-15(14)19-20-17/h4-11H,1-3H3,(H,19,20)/t11-/m1/s1. The molecule has 1 atom stereocenters. The van der Waals surface area contributed by atoms with Crippen molar-refractivity contribution in [3.63, 3.8) is 0 Å². The van der Waals surface area contributed by atoms with Crippen molar-refractivity contribution in [2.45, 2.75) is 13.0 Å². The molecular formula is C18H18N4O4. The predicted octanol–water partition coefficient (Wildman–Crippen LogP) is 3.31. The molecule has 0 bridgehead atoms. The lowest BCUT2D eigenvalue weighted by Crippen LogP contribution is -2.30. The van der Waals surface area contributed by atoms with E-state index in [1.165, 1.54) is 17.0 Å². The number of hydrogen-bond donors (Lipinski definition) is 1. The average molecular weight is 354 g/mol. The van der Waals surface area contributed by atoms with Crippen molar-refractivity contribution >= 4 is 22.5 Å². The predicted molar refractivity (Wildman–Crippen MR) is 96.3 cm³/mol. The molecule has 0 fully saturated rings. The van der Waals surface area contributed by atoms with E-state index in [0.717, 1.165) is 5.56 Å². The number of fused-ring (bicyclic) bond motifs is 1. The van der Waals surface area contributed by atoms with Crippen molar-refractivity contribution in [1.82, 2.24) is 15.1 Å². The Labute approximate surface area is 149 Å². The van der Waals surface area contributed by atoms with Crippen LogP contribution in [-0.2, 0) is 0 Å². The number of amides is 1. The van der Waals surface area contributed by atoms with E-state index in [1.807, 2.05) is 31.2 Å². The average Bonchev–Trinajstić information content (AvgIpc) is 3.09. The van der Waals surface area contributed by atoms with Gasteiger partial charge in [-0.1, -0.05) is 18.2 Å². The van der Waals surface area contributed by atoms with Gasteiger partial charge in [0.25, 0.3) is 11.6 Å². The maximum atomic E-state index is 12.9. The molecule has 1 heterocycles. The number of rotatable bonds is 5. The number of ether oxygens (including phenoxy) is 1. The van der Waals surface area contributed by atoms with E-state index in [1.54, 1.807) is 20.2 Å². The van der Waals surface area contributed by atoms with Crippen LogP contribution in [0.15, 0.2) is 42.5 Å². The molecule has 2 aromatic carbocycles. The molecule has 0 radical (unpaired) electrons. The highest BCUT2D eigenvalue weighted by molar-refractivity contribution is 6.05. The van der Waals surface area contributed by atoms with Crippen molar-refractivity contribution in [3.8, 4) is 5.75 Å². The molecule has 8 heteroatoms. The first-order chi connectivity index (χ1) is 12.4. The molecule has 0 saturated carbocycles. The third-order valence-corrected chi connectivity index (χ3v) is 4.45. The van der Waals surface area contributed by atoms with Gasteiger partial charge in [0, 0.05) is 30.1 Å². The second-order valence-corrected chi connectivity index (χ2v) is 5.89. The van der Waals surface area contributed by atoms with Crippen LogP contribution >= 0.6 is 0 Å². The van der Waals surface area contributed by atoms with Gasteiger partial charge in [0.05, 0.1) is 23.6 Å². The molecule has 0 aliphatic rings. The Hall–Kier alpha value is -3.42. The minimum atomic E-state index is -0.498. The number of benzene rings is 2. The first-order valence-corrected chi connectivity index (χ1v) is 7.96. The Balaban J connectivity index is 1.97. The lowest BCUT2D eigenvalue weighted by atomic mass is 10.1. The largest absolute Gasteiger partial charge is 0.496 e. The van der Waals surface area contributed by atoms with Crippen molar-refractivity contribution in [2.24, 2.45) is 0 Å². The topological polar surface area (TPSA) is 101 Å². The van der Waals surface area contributed by atoms with Gasteiger partial charge < -0.3 is 9.64 Å². The van der Waals surface area contributed by atoms with Gasteiger partial charge in [0.15, 0.2) is 5.69 Å². The summed E-state index contributed by atoms with van der Waals surface area (Å²) >= 11 is 0. The number of aromatic nitrogens is 2. The van der Waals surface area contributed by atoms with Crippen LogP contribution < -0.4 is 4.74 Å². The lowest BCUT2D eigenvalue weighted by Gasteiger charge is -2.26. The number of nitrogens with zero attached hydrogens (tertiary/aromatic N) is 3. The van der Waals surface area contributed by atoms with E-state index >= 15 is 0 Å². The molecule has 134 valence electrons. The Morgan fingerprint density at radius 3 is 2.73 bits per heavy atom. The number of non-ortho nitro benzene ring substituents is 1. The Morgan fingerprint density at radius 2 is 2.04 bits per heavy atom. The number of H-pyrrole nitrogens is 1. The third-order valence-electron chi connectivity index (χ3n) is 4.45.